The molecule has 0 amide bonds. The van der Waals surface area contributed by atoms with Gasteiger partial charge in [0, 0.05) is 6.92 Å². The first-order valence-electron chi connectivity index (χ1n) is 6.82. The van der Waals surface area contributed by atoms with E-state index in [4.69, 9.17) is 9.47 Å². The van der Waals surface area contributed by atoms with Gasteiger partial charge in [0.05, 0.1) is 5.92 Å². The minimum atomic E-state index is -1.04. The van der Waals surface area contributed by atoms with Crippen LogP contribution in [0.1, 0.15) is 34.1 Å². The molecule has 1 heterocycles. The summed E-state index contributed by atoms with van der Waals surface area (Å²) in [5, 5.41) is 0. The van der Waals surface area contributed by atoms with Crippen LogP contribution in [0.3, 0.4) is 0 Å². The lowest BCUT2D eigenvalue weighted by Gasteiger charge is -2.56. The van der Waals surface area contributed by atoms with Gasteiger partial charge in [-0.2, -0.15) is 0 Å². The van der Waals surface area contributed by atoms with Gasteiger partial charge in [0.25, 0.3) is 0 Å². The molecule has 2 bridgehead atoms. The Balaban J connectivity index is 2.19. The highest BCUT2D eigenvalue weighted by molar-refractivity contribution is 5.99. The van der Waals surface area contributed by atoms with Crippen LogP contribution in [0.4, 0.5) is 0 Å². The molecule has 0 N–H and O–H groups in total. The first kappa shape index (κ1) is 13.3. The van der Waals surface area contributed by atoms with Crippen LogP contribution in [0.15, 0.2) is 11.6 Å². The van der Waals surface area contributed by atoms with Crippen molar-refractivity contribution in [1.29, 1.82) is 0 Å². The van der Waals surface area contributed by atoms with E-state index in [9.17, 15) is 14.4 Å². The molecule has 0 aromatic rings. The molecule has 20 heavy (non-hydrogen) atoms. The predicted molar refractivity (Wildman–Crippen MR) is 68.2 cm³/mol. The molecule has 0 radical (unpaired) electrons. The summed E-state index contributed by atoms with van der Waals surface area (Å²) in [6, 6.07) is 0. The Morgan fingerprint density at radius 2 is 1.95 bits per heavy atom. The predicted octanol–water partition coefficient (Wildman–Crippen LogP) is 1.61. The van der Waals surface area contributed by atoms with E-state index in [-0.39, 0.29) is 11.3 Å². The third-order valence-electron chi connectivity index (χ3n) is 4.84. The Morgan fingerprint density at radius 3 is 2.50 bits per heavy atom. The number of ether oxygens (including phenoxy) is 2. The topological polar surface area (TPSA) is 69.7 Å². The van der Waals surface area contributed by atoms with Gasteiger partial charge in [0.2, 0.25) is 0 Å². The second-order valence-electron chi connectivity index (χ2n) is 6.82. The number of fused-ring (bicyclic) bond motifs is 1. The lowest BCUT2D eigenvalue weighted by atomic mass is 9.49. The molecule has 5 nitrogen and oxygen atoms in total. The van der Waals surface area contributed by atoms with Gasteiger partial charge in [-0.05, 0) is 30.8 Å². The third-order valence-corrected chi connectivity index (χ3v) is 4.84. The number of hydrogen-bond donors (Lipinski definition) is 0. The molecule has 4 atom stereocenters. The summed E-state index contributed by atoms with van der Waals surface area (Å²) in [7, 11) is 0. The van der Waals surface area contributed by atoms with Crippen LogP contribution < -0.4 is 0 Å². The zero-order valence-corrected chi connectivity index (χ0v) is 12.1. The molecule has 1 saturated heterocycles. The van der Waals surface area contributed by atoms with E-state index < -0.39 is 35.3 Å². The second kappa shape index (κ2) is 3.71. The Morgan fingerprint density at radius 1 is 1.30 bits per heavy atom. The Labute approximate surface area is 117 Å². The van der Waals surface area contributed by atoms with E-state index in [1.54, 1.807) is 0 Å². The molecule has 4 rings (SSSR count). The molecule has 5 heteroatoms. The van der Waals surface area contributed by atoms with E-state index in [1.165, 1.54) is 6.92 Å². The van der Waals surface area contributed by atoms with Crippen molar-refractivity contribution in [3.8, 4) is 0 Å². The maximum Gasteiger partial charge on any atom is 0.321 e. The summed E-state index contributed by atoms with van der Waals surface area (Å²) < 4.78 is 10.4. The highest BCUT2D eigenvalue weighted by atomic mass is 16.6. The lowest BCUT2D eigenvalue weighted by molar-refractivity contribution is -0.180. The number of carbonyl (C=O) groups excluding carboxylic acids is 3. The smallest absolute Gasteiger partial charge is 0.321 e. The van der Waals surface area contributed by atoms with Crippen molar-refractivity contribution < 1.29 is 23.9 Å². The van der Waals surface area contributed by atoms with Crippen molar-refractivity contribution in [3.05, 3.63) is 11.6 Å². The van der Waals surface area contributed by atoms with Gasteiger partial charge in [-0.1, -0.05) is 19.4 Å². The molecule has 0 aromatic heterocycles. The molecule has 4 aliphatic rings. The fourth-order valence-electron chi connectivity index (χ4n) is 4.68. The van der Waals surface area contributed by atoms with Crippen molar-refractivity contribution in [3.63, 3.8) is 0 Å². The van der Waals surface area contributed by atoms with Gasteiger partial charge in [0.1, 0.15) is 11.5 Å². The number of cyclic esters (lactones) is 2. The summed E-state index contributed by atoms with van der Waals surface area (Å²) >= 11 is 0. The maximum atomic E-state index is 12.1. The van der Waals surface area contributed by atoms with Gasteiger partial charge < -0.3 is 9.47 Å². The van der Waals surface area contributed by atoms with Crippen molar-refractivity contribution >= 4 is 17.9 Å². The van der Waals surface area contributed by atoms with Crippen LogP contribution in [-0.4, -0.2) is 23.5 Å². The largest absolute Gasteiger partial charge is 0.454 e. The van der Waals surface area contributed by atoms with Crippen LogP contribution >= 0.6 is 0 Å². The molecule has 1 aliphatic heterocycles. The van der Waals surface area contributed by atoms with Crippen molar-refractivity contribution in [2.75, 3.05) is 0 Å². The molecular formula is C15H18O5. The number of carbonyl (C=O) groups is 3. The standard InChI is InChI=1S/C15H18O5/c1-7-5-15(20-8(2)16)6-14(3,4)10(7)9-11(15)13(18)19-12(9)17/h5,9-11H,6H2,1-4H3/t9-,10+,11-,15+/m1/s1. The second-order valence-corrected chi connectivity index (χ2v) is 6.82. The number of hydrogen-bond acceptors (Lipinski definition) is 5. The van der Waals surface area contributed by atoms with Gasteiger partial charge in [-0.3, -0.25) is 14.4 Å². The van der Waals surface area contributed by atoms with Crippen LogP contribution in [0.25, 0.3) is 0 Å². The summed E-state index contributed by atoms with van der Waals surface area (Å²) in [6.45, 7) is 7.33. The number of esters is 3. The molecule has 2 fully saturated rings. The molecule has 3 aliphatic carbocycles. The fourth-order valence-corrected chi connectivity index (χ4v) is 4.68. The minimum Gasteiger partial charge on any atom is -0.454 e. The summed E-state index contributed by atoms with van der Waals surface area (Å²) in [5.41, 5.74) is -0.267. The highest BCUT2D eigenvalue weighted by Gasteiger charge is 2.69. The average molecular weight is 278 g/mol. The van der Waals surface area contributed by atoms with E-state index in [2.05, 4.69) is 0 Å². The van der Waals surface area contributed by atoms with Crippen LogP contribution in [0.5, 0.6) is 0 Å². The first-order chi connectivity index (χ1) is 9.18. The lowest BCUT2D eigenvalue weighted by Crippen LogP contribution is -2.61. The number of allylic oxidation sites excluding steroid dienone is 1. The van der Waals surface area contributed by atoms with E-state index >= 15 is 0 Å². The van der Waals surface area contributed by atoms with E-state index in [0.717, 1.165) is 5.57 Å². The molecule has 0 unspecified atom stereocenters. The van der Waals surface area contributed by atoms with Gasteiger partial charge in [-0.25, -0.2) is 0 Å². The zero-order chi connectivity index (χ0) is 14.9. The summed E-state index contributed by atoms with van der Waals surface area (Å²) in [6.07, 6.45) is 2.39. The van der Waals surface area contributed by atoms with Gasteiger partial charge in [-0.15, -0.1) is 0 Å². The molecular weight excluding hydrogens is 260 g/mol. The Kier molecular flexibility index (Phi) is 2.48. The maximum absolute atomic E-state index is 12.1. The highest BCUT2D eigenvalue weighted by Crippen LogP contribution is 2.62. The van der Waals surface area contributed by atoms with E-state index in [0.29, 0.717) is 6.42 Å². The van der Waals surface area contributed by atoms with Crippen LogP contribution in [-0.2, 0) is 23.9 Å². The first-order valence-corrected chi connectivity index (χ1v) is 6.82. The molecule has 0 spiro atoms. The molecule has 0 aromatic carbocycles. The SMILES string of the molecule is CC(=O)O[C@]12C=C(C)[C@@H]([C@H]3C(=O)OC(=O)[C@@H]31)C(C)(C)C2. The minimum absolute atomic E-state index is 0.0381. The van der Waals surface area contributed by atoms with Crippen molar-refractivity contribution in [2.24, 2.45) is 23.2 Å². The van der Waals surface area contributed by atoms with Crippen LogP contribution in [0, 0.1) is 23.2 Å². The summed E-state index contributed by atoms with van der Waals surface area (Å²) in [4.78, 5) is 35.6. The van der Waals surface area contributed by atoms with E-state index in [1.807, 2.05) is 26.8 Å². The Hall–Kier alpha value is -1.65. The third kappa shape index (κ3) is 1.52. The quantitative estimate of drug-likeness (QED) is 0.414. The zero-order valence-electron chi connectivity index (χ0n) is 12.1. The molecule has 108 valence electrons. The summed E-state index contributed by atoms with van der Waals surface area (Å²) in [5.74, 6) is -2.76. The van der Waals surface area contributed by atoms with Gasteiger partial charge in [0.15, 0.2) is 0 Å². The Bertz CT molecular complexity index is 559. The van der Waals surface area contributed by atoms with Crippen molar-refractivity contribution in [2.45, 2.75) is 39.7 Å². The average Bonchev–Trinajstić information content (AvgIpc) is 2.51. The number of rotatable bonds is 1. The van der Waals surface area contributed by atoms with Crippen molar-refractivity contribution in [1.82, 2.24) is 0 Å². The van der Waals surface area contributed by atoms with Gasteiger partial charge >= 0.3 is 17.9 Å². The van der Waals surface area contributed by atoms with Crippen LogP contribution in [0.2, 0.25) is 0 Å². The fraction of sp³-hybridized carbons (Fsp3) is 0.667. The monoisotopic (exact) mass is 278 g/mol. The molecule has 1 saturated carbocycles. The normalized spacial score (nSPS) is 41.0.